The number of aliphatic imine (C=N–C) groups is 1. The first-order chi connectivity index (χ1) is 17.1. The summed E-state index contributed by atoms with van der Waals surface area (Å²) < 4.78 is 0. The number of carboxylic acid groups (broad SMARTS) is 4. The molecule has 0 aliphatic carbocycles. The highest BCUT2D eigenvalue weighted by Gasteiger charge is 2.23. The lowest BCUT2D eigenvalue weighted by atomic mass is 10.0. The van der Waals surface area contributed by atoms with E-state index in [2.05, 4.69) is 33.0 Å². The minimum absolute atomic E-state index is 0.179. The van der Waals surface area contributed by atoms with Gasteiger partial charge in [0.05, 0.1) is 37.0 Å². The van der Waals surface area contributed by atoms with Crippen LogP contribution in [-0.4, -0.2) is 124 Å². The van der Waals surface area contributed by atoms with E-state index in [1.807, 2.05) is 0 Å². The third kappa shape index (κ3) is 14.2. The summed E-state index contributed by atoms with van der Waals surface area (Å²) in [5, 5.41) is 44.2. The third-order valence-electron chi connectivity index (χ3n) is 5.04. The monoisotopic (exact) mass is 525 g/mol. The van der Waals surface area contributed by atoms with Crippen LogP contribution >= 0.6 is 12.2 Å². The molecule has 1 aromatic carbocycles. The van der Waals surface area contributed by atoms with E-state index in [4.69, 9.17) is 10.2 Å². The van der Waals surface area contributed by atoms with Gasteiger partial charge in [0.2, 0.25) is 0 Å². The van der Waals surface area contributed by atoms with Gasteiger partial charge in [-0.2, -0.15) is 4.99 Å². The Labute approximate surface area is 213 Å². The Morgan fingerprint density at radius 1 is 0.861 bits per heavy atom. The second kappa shape index (κ2) is 17.2. The zero-order valence-electron chi connectivity index (χ0n) is 19.6. The Hall–Kier alpha value is -3.26. The number of hydrogen-bond donors (Lipinski definition) is 6. The molecule has 0 saturated heterocycles. The Morgan fingerprint density at radius 3 is 2.03 bits per heavy atom. The van der Waals surface area contributed by atoms with Gasteiger partial charge in [0.1, 0.15) is 0 Å². The Kier molecular flexibility index (Phi) is 14.7. The molecule has 1 atom stereocenters. The van der Waals surface area contributed by atoms with E-state index in [1.54, 1.807) is 34.1 Å². The Balaban J connectivity index is 2.99. The zero-order chi connectivity index (χ0) is 26.9. The molecule has 36 heavy (non-hydrogen) atoms. The maximum absolute atomic E-state index is 11.6. The van der Waals surface area contributed by atoms with E-state index in [-0.39, 0.29) is 58.9 Å². The Morgan fingerprint density at radius 2 is 1.47 bits per heavy atom. The first-order valence-corrected chi connectivity index (χ1v) is 11.4. The third-order valence-corrected chi connectivity index (χ3v) is 5.13. The molecule has 1 rings (SSSR count). The SMILES string of the molecule is O=C(O)CNCCN(CCN(CC(=O)O)C(CNCC(=O)O)Cc1ccc(N=C=S)cc1)CC(=O)O. The molecular formula is C22H31N5O8S. The van der Waals surface area contributed by atoms with Gasteiger partial charge >= 0.3 is 23.9 Å². The molecule has 13 nitrogen and oxygen atoms in total. The largest absolute Gasteiger partial charge is 0.480 e. The van der Waals surface area contributed by atoms with Gasteiger partial charge in [0.25, 0.3) is 0 Å². The maximum Gasteiger partial charge on any atom is 0.317 e. The van der Waals surface area contributed by atoms with Crippen LogP contribution < -0.4 is 10.6 Å². The molecule has 0 radical (unpaired) electrons. The van der Waals surface area contributed by atoms with Crippen molar-refractivity contribution in [2.75, 3.05) is 58.9 Å². The molecule has 0 heterocycles. The van der Waals surface area contributed by atoms with Gasteiger partial charge in [-0.05, 0) is 36.3 Å². The number of thiocarbonyl (C=S) groups is 1. The van der Waals surface area contributed by atoms with E-state index in [0.29, 0.717) is 12.1 Å². The number of carbonyl (C=O) groups is 4. The van der Waals surface area contributed by atoms with Gasteiger partial charge in [-0.25, -0.2) is 0 Å². The minimum atomic E-state index is -1.09. The number of hydrogen-bond acceptors (Lipinski definition) is 10. The molecule has 1 aromatic rings. The lowest BCUT2D eigenvalue weighted by molar-refractivity contribution is -0.140. The minimum Gasteiger partial charge on any atom is -0.480 e. The van der Waals surface area contributed by atoms with Crippen LogP contribution in [-0.2, 0) is 25.6 Å². The standard InChI is InChI=1S/C22H31N5O8S/c28-19(29)11-23-5-6-26(13-21(32)33)7-8-27(14-22(34)35)18(10-24-12-20(30)31)9-16-1-3-17(4-2-16)25-15-36/h1-4,18,23-24H,5-14H2,(H,28,29)(H,30,31)(H,32,33)(H,34,35). The summed E-state index contributed by atoms with van der Waals surface area (Å²) in [4.78, 5) is 51.6. The summed E-state index contributed by atoms with van der Waals surface area (Å²) in [5.74, 6) is -4.25. The predicted octanol–water partition coefficient (Wildman–Crippen LogP) is -0.546. The number of aliphatic carboxylic acids is 4. The molecule has 0 amide bonds. The molecule has 0 aliphatic heterocycles. The van der Waals surface area contributed by atoms with Crippen LogP contribution in [0.5, 0.6) is 0 Å². The molecule has 198 valence electrons. The average molecular weight is 526 g/mol. The second-order valence-electron chi connectivity index (χ2n) is 7.86. The van der Waals surface area contributed by atoms with Gasteiger partial charge in [-0.1, -0.05) is 12.1 Å². The van der Waals surface area contributed by atoms with E-state index in [0.717, 1.165) is 5.56 Å². The van der Waals surface area contributed by atoms with Crippen LogP contribution in [0.25, 0.3) is 0 Å². The van der Waals surface area contributed by atoms with Crippen LogP contribution in [0.3, 0.4) is 0 Å². The van der Waals surface area contributed by atoms with Crippen molar-refractivity contribution >= 4 is 46.9 Å². The zero-order valence-corrected chi connectivity index (χ0v) is 20.4. The van der Waals surface area contributed by atoms with E-state index in [9.17, 15) is 29.4 Å². The van der Waals surface area contributed by atoms with Crippen molar-refractivity contribution in [2.45, 2.75) is 12.5 Å². The van der Waals surface area contributed by atoms with Crippen LogP contribution in [0, 0.1) is 0 Å². The number of rotatable bonds is 20. The topological polar surface area (TPSA) is 192 Å². The smallest absolute Gasteiger partial charge is 0.317 e. The molecule has 0 fully saturated rings. The van der Waals surface area contributed by atoms with Crippen LogP contribution in [0.1, 0.15) is 5.56 Å². The predicted molar refractivity (Wildman–Crippen MR) is 133 cm³/mol. The molecule has 6 N–H and O–H groups in total. The van der Waals surface area contributed by atoms with E-state index < -0.39 is 29.9 Å². The summed E-state index contributed by atoms with van der Waals surface area (Å²) in [6.07, 6.45) is 0.389. The fraction of sp³-hybridized carbons (Fsp3) is 0.500. The molecule has 0 spiro atoms. The summed E-state index contributed by atoms with van der Waals surface area (Å²) in [6, 6.07) is 6.66. The first kappa shape index (κ1) is 30.8. The van der Waals surface area contributed by atoms with Crippen molar-refractivity contribution in [2.24, 2.45) is 4.99 Å². The van der Waals surface area contributed by atoms with Crippen molar-refractivity contribution in [3.63, 3.8) is 0 Å². The molecule has 1 unspecified atom stereocenters. The summed E-state index contributed by atoms with van der Waals surface area (Å²) in [5.41, 5.74) is 1.47. The van der Waals surface area contributed by atoms with Crippen LogP contribution in [0.2, 0.25) is 0 Å². The van der Waals surface area contributed by atoms with Gasteiger partial charge in [-0.3, -0.25) is 29.0 Å². The van der Waals surface area contributed by atoms with Crippen molar-refractivity contribution in [3.8, 4) is 0 Å². The average Bonchev–Trinajstić information content (AvgIpc) is 2.79. The van der Waals surface area contributed by atoms with E-state index >= 15 is 0 Å². The van der Waals surface area contributed by atoms with E-state index in [1.165, 1.54) is 0 Å². The number of isothiocyanates is 1. The molecule has 0 aliphatic rings. The summed E-state index contributed by atoms with van der Waals surface area (Å²) in [7, 11) is 0. The maximum atomic E-state index is 11.6. The van der Waals surface area contributed by atoms with Gasteiger partial charge in [-0.15, -0.1) is 0 Å². The fourth-order valence-electron chi connectivity index (χ4n) is 3.44. The Bertz CT molecular complexity index is 924. The van der Waals surface area contributed by atoms with Gasteiger partial charge in [0.15, 0.2) is 0 Å². The van der Waals surface area contributed by atoms with Crippen molar-refractivity contribution < 1.29 is 39.6 Å². The molecule has 14 heteroatoms. The number of carboxylic acids is 4. The molecule has 0 saturated carbocycles. The van der Waals surface area contributed by atoms with Gasteiger partial charge < -0.3 is 31.1 Å². The van der Waals surface area contributed by atoms with Crippen molar-refractivity contribution in [1.29, 1.82) is 0 Å². The van der Waals surface area contributed by atoms with Gasteiger partial charge in [0, 0.05) is 38.8 Å². The highest BCUT2D eigenvalue weighted by atomic mass is 32.1. The lowest BCUT2D eigenvalue weighted by Crippen LogP contribution is -2.50. The normalized spacial score (nSPS) is 11.7. The molecular weight excluding hydrogens is 494 g/mol. The molecule has 0 aromatic heterocycles. The second-order valence-corrected chi connectivity index (χ2v) is 8.04. The summed E-state index contributed by atoms with van der Waals surface area (Å²) >= 11 is 4.59. The lowest BCUT2D eigenvalue weighted by Gasteiger charge is -2.33. The number of nitrogens with one attached hydrogen (secondary N) is 2. The number of nitrogens with zero attached hydrogens (tertiary/aromatic N) is 3. The highest BCUT2D eigenvalue weighted by Crippen LogP contribution is 2.15. The number of benzene rings is 1. The molecule has 0 bridgehead atoms. The van der Waals surface area contributed by atoms with Crippen LogP contribution in [0.15, 0.2) is 29.3 Å². The van der Waals surface area contributed by atoms with Crippen molar-refractivity contribution in [1.82, 2.24) is 20.4 Å². The quantitative estimate of drug-likeness (QED) is 0.0722. The van der Waals surface area contributed by atoms with Crippen LogP contribution in [0.4, 0.5) is 5.69 Å². The van der Waals surface area contributed by atoms with Crippen molar-refractivity contribution in [3.05, 3.63) is 29.8 Å². The summed E-state index contributed by atoms with van der Waals surface area (Å²) in [6.45, 7) is -0.179. The first-order valence-electron chi connectivity index (χ1n) is 11.0. The highest BCUT2D eigenvalue weighted by molar-refractivity contribution is 7.78. The fourth-order valence-corrected chi connectivity index (χ4v) is 3.54.